The molecular weight excluding hydrogens is 174 g/mol. The zero-order chi connectivity index (χ0) is 10.6. The standard InChI is InChI=1S/C12H25NO/c1-9-5-6-12(10(2)7-9)13-11(3)8-14-4/h9-13H,5-8H2,1-4H3. The Morgan fingerprint density at radius 3 is 2.64 bits per heavy atom. The number of ether oxygens (including phenoxy) is 1. The summed E-state index contributed by atoms with van der Waals surface area (Å²) in [6.07, 6.45) is 4.08. The van der Waals surface area contributed by atoms with Crippen molar-refractivity contribution in [1.82, 2.24) is 5.32 Å². The molecule has 0 aromatic carbocycles. The van der Waals surface area contributed by atoms with Crippen LogP contribution in [0.2, 0.25) is 0 Å². The lowest BCUT2D eigenvalue weighted by Gasteiger charge is -2.35. The molecule has 4 unspecified atom stereocenters. The largest absolute Gasteiger partial charge is 0.383 e. The maximum Gasteiger partial charge on any atom is 0.0613 e. The van der Waals surface area contributed by atoms with Gasteiger partial charge in [0.15, 0.2) is 0 Å². The molecule has 1 saturated carbocycles. The van der Waals surface area contributed by atoms with E-state index in [1.54, 1.807) is 7.11 Å². The van der Waals surface area contributed by atoms with Crippen LogP contribution in [0.15, 0.2) is 0 Å². The van der Waals surface area contributed by atoms with Crippen molar-refractivity contribution in [3.8, 4) is 0 Å². The van der Waals surface area contributed by atoms with Gasteiger partial charge in [-0.1, -0.05) is 13.8 Å². The van der Waals surface area contributed by atoms with Gasteiger partial charge in [-0.25, -0.2) is 0 Å². The van der Waals surface area contributed by atoms with Crippen LogP contribution in [0.25, 0.3) is 0 Å². The molecule has 0 amide bonds. The summed E-state index contributed by atoms with van der Waals surface area (Å²) in [4.78, 5) is 0. The first-order valence-electron chi connectivity index (χ1n) is 5.88. The van der Waals surface area contributed by atoms with Crippen LogP contribution in [-0.4, -0.2) is 25.8 Å². The Bertz CT molecular complexity index is 160. The van der Waals surface area contributed by atoms with E-state index in [0.29, 0.717) is 12.1 Å². The molecule has 1 aliphatic rings. The predicted octanol–water partition coefficient (Wildman–Crippen LogP) is 2.44. The first-order valence-corrected chi connectivity index (χ1v) is 5.88. The molecule has 1 aliphatic carbocycles. The van der Waals surface area contributed by atoms with Crippen LogP contribution >= 0.6 is 0 Å². The average Bonchev–Trinajstić information content (AvgIpc) is 2.10. The van der Waals surface area contributed by atoms with E-state index in [1.807, 2.05) is 0 Å². The zero-order valence-corrected chi connectivity index (χ0v) is 10.0. The van der Waals surface area contributed by atoms with E-state index in [0.717, 1.165) is 18.4 Å². The maximum atomic E-state index is 5.14. The summed E-state index contributed by atoms with van der Waals surface area (Å²) in [7, 11) is 1.77. The molecule has 1 rings (SSSR count). The van der Waals surface area contributed by atoms with Gasteiger partial charge in [-0.15, -0.1) is 0 Å². The third-order valence-corrected chi connectivity index (χ3v) is 3.35. The lowest BCUT2D eigenvalue weighted by atomic mass is 9.79. The van der Waals surface area contributed by atoms with E-state index in [2.05, 4.69) is 26.1 Å². The normalized spacial score (nSPS) is 35.6. The van der Waals surface area contributed by atoms with Gasteiger partial charge in [0, 0.05) is 19.2 Å². The van der Waals surface area contributed by atoms with Crippen molar-refractivity contribution in [3.63, 3.8) is 0 Å². The summed E-state index contributed by atoms with van der Waals surface area (Å²) in [5, 5.41) is 3.67. The van der Waals surface area contributed by atoms with Gasteiger partial charge < -0.3 is 10.1 Å². The van der Waals surface area contributed by atoms with Crippen LogP contribution in [0.3, 0.4) is 0 Å². The van der Waals surface area contributed by atoms with Gasteiger partial charge in [0.2, 0.25) is 0 Å². The van der Waals surface area contributed by atoms with Gasteiger partial charge in [0.05, 0.1) is 6.61 Å². The molecule has 0 bridgehead atoms. The van der Waals surface area contributed by atoms with E-state index >= 15 is 0 Å². The third-order valence-electron chi connectivity index (χ3n) is 3.35. The Morgan fingerprint density at radius 1 is 1.36 bits per heavy atom. The fourth-order valence-electron chi connectivity index (χ4n) is 2.58. The Hall–Kier alpha value is -0.0800. The van der Waals surface area contributed by atoms with Crippen molar-refractivity contribution < 1.29 is 4.74 Å². The van der Waals surface area contributed by atoms with Gasteiger partial charge in [-0.2, -0.15) is 0 Å². The minimum absolute atomic E-state index is 0.487. The van der Waals surface area contributed by atoms with Crippen LogP contribution in [0.5, 0.6) is 0 Å². The van der Waals surface area contributed by atoms with Crippen molar-refractivity contribution in [2.75, 3.05) is 13.7 Å². The SMILES string of the molecule is COCC(C)NC1CCC(C)CC1C. The molecule has 1 N–H and O–H groups in total. The second kappa shape index (κ2) is 5.72. The summed E-state index contributed by atoms with van der Waals surface area (Å²) < 4.78 is 5.14. The molecule has 0 spiro atoms. The Morgan fingerprint density at radius 2 is 2.07 bits per heavy atom. The highest BCUT2D eigenvalue weighted by atomic mass is 16.5. The van der Waals surface area contributed by atoms with Gasteiger partial charge >= 0.3 is 0 Å². The van der Waals surface area contributed by atoms with E-state index < -0.39 is 0 Å². The molecule has 0 aromatic heterocycles. The summed E-state index contributed by atoms with van der Waals surface area (Å²) in [5.41, 5.74) is 0. The van der Waals surface area contributed by atoms with E-state index in [1.165, 1.54) is 19.3 Å². The highest BCUT2D eigenvalue weighted by Crippen LogP contribution is 2.28. The number of rotatable bonds is 4. The molecule has 0 radical (unpaired) electrons. The minimum Gasteiger partial charge on any atom is -0.383 e. The second-order valence-electron chi connectivity index (χ2n) is 5.03. The summed E-state index contributed by atoms with van der Waals surface area (Å²) in [6, 6.07) is 1.19. The van der Waals surface area contributed by atoms with E-state index in [4.69, 9.17) is 4.74 Å². The van der Waals surface area contributed by atoms with E-state index in [9.17, 15) is 0 Å². The quantitative estimate of drug-likeness (QED) is 0.751. The predicted molar refractivity (Wildman–Crippen MR) is 60.4 cm³/mol. The Kier molecular flexibility index (Phi) is 4.90. The molecule has 2 nitrogen and oxygen atoms in total. The smallest absolute Gasteiger partial charge is 0.0613 e. The first kappa shape index (κ1) is 12.0. The van der Waals surface area contributed by atoms with Crippen LogP contribution in [0.1, 0.15) is 40.0 Å². The number of hydrogen-bond acceptors (Lipinski definition) is 2. The Balaban J connectivity index is 2.29. The molecule has 4 atom stereocenters. The molecule has 0 saturated heterocycles. The monoisotopic (exact) mass is 199 g/mol. The first-order chi connectivity index (χ1) is 6.63. The van der Waals surface area contributed by atoms with Gasteiger partial charge in [-0.3, -0.25) is 0 Å². The van der Waals surface area contributed by atoms with Crippen molar-refractivity contribution in [2.24, 2.45) is 11.8 Å². The fourth-order valence-corrected chi connectivity index (χ4v) is 2.58. The maximum absolute atomic E-state index is 5.14. The second-order valence-corrected chi connectivity index (χ2v) is 5.03. The average molecular weight is 199 g/mol. The molecule has 0 heterocycles. The van der Waals surface area contributed by atoms with Crippen molar-refractivity contribution in [1.29, 1.82) is 0 Å². The van der Waals surface area contributed by atoms with Gasteiger partial charge in [0.25, 0.3) is 0 Å². The van der Waals surface area contributed by atoms with Crippen molar-refractivity contribution in [3.05, 3.63) is 0 Å². The third kappa shape index (κ3) is 3.58. The molecular formula is C12H25NO. The molecule has 1 fully saturated rings. The fraction of sp³-hybridized carbons (Fsp3) is 1.00. The number of nitrogens with one attached hydrogen (secondary N) is 1. The summed E-state index contributed by atoms with van der Waals surface area (Å²) in [5.74, 6) is 1.74. The van der Waals surface area contributed by atoms with Gasteiger partial charge in [0.1, 0.15) is 0 Å². The van der Waals surface area contributed by atoms with E-state index in [-0.39, 0.29) is 0 Å². The number of hydrogen-bond donors (Lipinski definition) is 1. The number of methoxy groups -OCH3 is 1. The van der Waals surface area contributed by atoms with Gasteiger partial charge in [-0.05, 0) is 38.0 Å². The van der Waals surface area contributed by atoms with Crippen LogP contribution < -0.4 is 5.32 Å². The van der Waals surface area contributed by atoms with Crippen LogP contribution in [0.4, 0.5) is 0 Å². The molecule has 2 heteroatoms. The summed E-state index contributed by atoms with van der Waals surface area (Å²) in [6.45, 7) is 7.76. The Labute approximate surface area is 88.4 Å². The minimum atomic E-state index is 0.487. The highest BCUT2D eigenvalue weighted by molar-refractivity contribution is 4.82. The molecule has 0 aliphatic heterocycles. The molecule has 0 aromatic rings. The zero-order valence-electron chi connectivity index (χ0n) is 10.0. The lowest BCUT2D eigenvalue weighted by molar-refractivity contribution is 0.145. The molecule has 14 heavy (non-hydrogen) atoms. The molecule has 84 valence electrons. The topological polar surface area (TPSA) is 21.3 Å². The lowest BCUT2D eigenvalue weighted by Crippen LogP contribution is -2.45. The highest BCUT2D eigenvalue weighted by Gasteiger charge is 2.25. The summed E-state index contributed by atoms with van der Waals surface area (Å²) >= 11 is 0. The van der Waals surface area contributed by atoms with Crippen LogP contribution in [0, 0.1) is 11.8 Å². The van der Waals surface area contributed by atoms with Crippen LogP contribution in [-0.2, 0) is 4.74 Å². The van der Waals surface area contributed by atoms with Crippen molar-refractivity contribution >= 4 is 0 Å². The van der Waals surface area contributed by atoms with Crippen molar-refractivity contribution in [2.45, 2.75) is 52.1 Å².